The van der Waals surface area contributed by atoms with Crippen molar-refractivity contribution in [2.45, 2.75) is 32.7 Å². The number of carbonyl (C=O) groups excluding carboxylic acids is 2. The van der Waals surface area contributed by atoms with Crippen LogP contribution in [0.25, 0.3) is 0 Å². The fraction of sp³-hybridized carbons (Fsp3) is 0.556. The molecule has 2 amide bonds. The summed E-state index contributed by atoms with van der Waals surface area (Å²) in [4.78, 5) is 31.4. The number of nitrogens with one attached hydrogen (secondary N) is 1. The van der Waals surface area contributed by atoms with Crippen LogP contribution in [0.4, 0.5) is 0 Å². The van der Waals surface area contributed by atoms with E-state index in [9.17, 15) is 9.59 Å². The van der Waals surface area contributed by atoms with Crippen LogP contribution in [0.3, 0.4) is 0 Å². The van der Waals surface area contributed by atoms with Crippen LogP contribution >= 0.6 is 11.3 Å². The molecule has 2 aromatic heterocycles. The van der Waals surface area contributed by atoms with Gasteiger partial charge in [0.1, 0.15) is 17.4 Å². The van der Waals surface area contributed by atoms with Crippen molar-refractivity contribution in [1.82, 2.24) is 25.4 Å². The molecular weight excluding hydrogens is 366 g/mol. The number of aromatic nitrogens is 2. The van der Waals surface area contributed by atoms with Gasteiger partial charge in [-0.05, 0) is 39.4 Å². The van der Waals surface area contributed by atoms with E-state index < -0.39 is 0 Å². The van der Waals surface area contributed by atoms with E-state index in [0.29, 0.717) is 37.6 Å². The third-order valence-corrected chi connectivity index (χ3v) is 5.90. The molecule has 1 saturated heterocycles. The lowest BCUT2D eigenvalue weighted by Crippen LogP contribution is -2.59. The molecule has 1 aliphatic rings. The summed E-state index contributed by atoms with van der Waals surface area (Å²) in [6.07, 6.45) is 0.965. The van der Waals surface area contributed by atoms with Crippen LogP contribution in [-0.2, 0) is 22.4 Å². The summed E-state index contributed by atoms with van der Waals surface area (Å²) in [6.45, 7) is 6.06. The number of carbonyl (C=O) groups is 2. The standard InChI is InChI=1S/C18H25N5O3S/c1-12-4-5-14(27-12)6-7-19-18(25)16-11-23(9-8-22(16)3)17(24)10-15-13(2)20-26-21-15/h4-5,16H,6-11H2,1-3H3,(H,19,25)/t16-/m1/s1. The average Bonchev–Trinajstić information content (AvgIpc) is 3.23. The number of amides is 2. The van der Waals surface area contributed by atoms with E-state index in [1.165, 1.54) is 9.75 Å². The highest BCUT2D eigenvalue weighted by Gasteiger charge is 2.32. The van der Waals surface area contributed by atoms with Crippen molar-refractivity contribution in [3.8, 4) is 0 Å². The molecule has 0 radical (unpaired) electrons. The number of aryl methyl sites for hydroxylation is 2. The second kappa shape index (κ2) is 8.62. The molecule has 9 heteroatoms. The number of piperazine rings is 1. The molecule has 0 saturated carbocycles. The van der Waals surface area contributed by atoms with Gasteiger partial charge in [-0.2, -0.15) is 0 Å². The highest BCUT2D eigenvalue weighted by Crippen LogP contribution is 2.15. The van der Waals surface area contributed by atoms with Crippen molar-refractivity contribution in [2.75, 3.05) is 33.2 Å². The zero-order valence-electron chi connectivity index (χ0n) is 15.9. The van der Waals surface area contributed by atoms with Crippen LogP contribution in [0.15, 0.2) is 16.8 Å². The van der Waals surface area contributed by atoms with Gasteiger partial charge in [-0.3, -0.25) is 14.5 Å². The number of hydrogen-bond acceptors (Lipinski definition) is 7. The van der Waals surface area contributed by atoms with Crippen molar-refractivity contribution >= 4 is 23.2 Å². The predicted molar refractivity (Wildman–Crippen MR) is 102 cm³/mol. The van der Waals surface area contributed by atoms with E-state index >= 15 is 0 Å². The van der Waals surface area contributed by atoms with Gasteiger partial charge in [0.25, 0.3) is 0 Å². The number of likely N-dealkylation sites (N-methyl/N-ethyl adjacent to an activating group) is 1. The smallest absolute Gasteiger partial charge is 0.239 e. The van der Waals surface area contributed by atoms with Gasteiger partial charge >= 0.3 is 0 Å². The van der Waals surface area contributed by atoms with E-state index in [1.54, 1.807) is 23.2 Å². The van der Waals surface area contributed by atoms with Crippen molar-refractivity contribution in [3.63, 3.8) is 0 Å². The molecule has 27 heavy (non-hydrogen) atoms. The Morgan fingerprint density at radius 3 is 2.78 bits per heavy atom. The largest absolute Gasteiger partial charge is 0.354 e. The van der Waals surface area contributed by atoms with Crippen LogP contribution in [0, 0.1) is 13.8 Å². The van der Waals surface area contributed by atoms with E-state index in [-0.39, 0.29) is 24.3 Å². The molecule has 8 nitrogen and oxygen atoms in total. The lowest BCUT2D eigenvalue weighted by molar-refractivity contribution is -0.137. The van der Waals surface area contributed by atoms with Crippen LogP contribution in [0.5, 0.6) is 0 Å². The number of rotatable bonds is 6. The second-order valence-corrected chi connectivity index (χ2v) is 8.24. The molecule has 3 rings (SSSR count). The van der Waals surface area contributed by atoms with Gasteiger partial charge in [-0.15, -0.1) is 11.3 Å². The van der Waals surface area contributed by atoms with Gasteiger partial charge in [0.05, 0.1) is 6.42 Å². The van der Waals surface area contributed by atoms with E-state index in [2.05, 4.69) is 39.3 Å². The summed E-state index contributed by atoms with van der Waals surface area (Å²) in [6, 6.07) is 3.84. The summed E-state index contributed by atoms with van der Waals surface area (Å²) in [5, 5.41) is 10.5. The molecule has 0 aromatic carbocycles. The zero-order chi connectivity index (χ0) is 19.4. The SMILES string of the molecule is Cc1ccc(CCNC(=O)[C@H]2CN(C(=O)Cc3nonc3C)CCN2C)s1. The minimum atomic E-state index is -0.343. The van der Waals surface area contributed by atoms with Gasteiger partial charge in [0.2, 0.25) is 11.8 Å². The molecule has 1 atom stereocenters. The Morgan fingerprint density at radius 2 is 2.11 bits per heavy atom. The van der Waals surface area contributed by atoms with Crippen LogP contribution in [0.2, 0.25) is 0 Å². The van der Waals surface area contributed by atoms with Gasteiger partial charge < -0.3 is 10.2 Å². The van der Waals surface area contributed by atoms with E-state index in [1.807, 2.05) is 11.9 Å². The van der Waals surface area contributed by atoms with Crippen LogP contribution in [-0.4, -0.2) is 71.2 Å². The van der Waals surface area contributed by atoms with Crippen molar-refractivity contribution in [3.05, 3.63) is 33.3 Å². The first-order valence-corrected chi connectivity index (χ1v) is 9.84. The first-order chi connectivity index (χ1) is 12.9. The molecule has 0 bridgehead atoms. The fourth-order valence-electron chi connectivity index (χ4n) is 3.09. The Kier molecular flexibility index (Phi) is 6.22. The molecule has 1 fully saturated rings. The topological polar surface area (TPSA) is 91.6 Å². The molecule has 146 valence electrons. The van der Waals surface area contributed by atoms with Crippen LogP contribution < -0.4 is 5.32 Å². The van der Waals surface area contributed by atoms with Gasteiger partial charge in [0.15, 0.2) is 0 Å². The maximum absolute atomic E-state index is 12.6. The van der Waals surface area contributed by atoms with Crippen molar-refractivity contribution in [1.29, 1.82) is 0 Å². The molecule has 3 heterocycles. The minimum absolute atomic E-state index is 0.0393. The maximum Gasteiger partial charge on any atom is 0.239 e. The monoisotopic (exact) mass is 391 g/mol. The highest BCUT2D eigenvalue weighted by molar-refractivity contribution is 7.11. The van der Waals surface area contributed by atoms with Crippen LogP contribution in [0.1, 0.15) is 21.1 Å². The molecular formula is C18H25N5O3S. The molecule has 1 N–H and O–H groups in total. The molecule has 0 spiro atoms. The predicted octanol–water partition coefficient (Wildman–Crippen LogP) is 0.792. The Labute approximate surface area is 162 Å². The van der Waals surface area contributed by atoms with Gasteiger partial charge in [-0.1, -0.05) is 10.3 Å². The number of hydrogen-bond donors (Lipinski definition) is 1. The first-order valence-electron chi connectivity index (χ1n) is 9.03. The van der Waals surface area contributed by atoms with E-state index in [4.69, 9.17) is 0 Å². The summed E-state index contributed by atoms with van der Waals surface area (Å²) < 4.78 is 4.65. The van der Waals surface area contributed by atoms with Crippen molar-refractivity contribution < 1.29 is 14.2 Å². The van der Waals surface area contributed by atoms with E-state index in [0.717, 1.165) is 6.42 Å². The fourth-order valence-corrected chi connectivity index (χ4v) is 3.98. The Hall–Kier alpha value is -2.26. The summed E-state index contributed by atoms with van der Waals surface area (Å²) in [7, 11) is 1.92. The number of thiophene rings is 1. The normalized spacial score (nSPS) is 17.9. The van der Waals surface area contributed by atoms with Gasteiger partial charge in [-0.25, -0.2) is 4.63 Å². The quantitative estimate of drug-likeness (QED) is 0.783. The zero-order valence-corrected chi connectivity index (χ0v) is 16.7. The Morgan fingerprint density at radius 1 is 1.30 bits per heavy atom. The Bertz CT molecular complexity index is 803. The summed E-state index contributed by atoms with van der Waals surface area (Å²) in [5.74, 6) is -0.101. The third-order valence-electron chi connectivity index (χ3n) is 4.84. The van der Waals surface area contributed by atoms with Crippen molar-refractivity contribution in [2.24, 2.45) is 0 Å². The van der Waals surface area contributed by atoms with Gasteiger partial charge in [0, 0.05) is 35.9 Å². The lowest BCUT2D eigenvalue weighted by Gasteiger charge is -2.38. The molecule has 0 aliphatic carbocycles. The minimum Gasteiger partial charge on any atom is -0.354 e. The summed E-state index contributed by atoms with van der Waals surface area (Å²) >= 11 is 1.75. The average molecular weight is 391 g/mol. The summed E-state index contributed by atoms with van der Waals surface area (Å²) in [5.41, 5.74) is 1.17. The third kappa shape index (κ3) is 4.92. The highest BCUT2D eigenvalue weighted by atomic mass is 32.1. The first kappa shape index (κ1) is 19.5. The molecule has 0 unspecified atom stereocenters. The number of nitrogens with zero attached hydrogens (tertiary/aromatic N) is 4. The molecule has 2 aromatic rings. The Balaban J connectivity index is 1.52. The second-order valence-electron chi connectivity index (χ2n) is 6.86. The maximum atomic E-state index is 12.6. The lowest BCUT2D eigenvalue weighted by atomic mass is 10.1. The molecule has 1 aliphatic heterocycles.